The van der Waals surface area contributed by atoms with Gasteiger partial charge in [0.25, 0.3) is 0 Å². The lowest BCUT2D eigenvalue weighted by Crippen LogP contribution is -2.34. The highest BCUT2D eigenvalue weighted by atomic mass is 32.2. The number of thioether (sulfide) groups is 1. The van der Waals surface area contributed by atoms with Crippen LogP contribution < -0.4 is 5.32 Å². The first-order chi connectivity index (χ1) is 8.04. The van der Waals surface area contributed by atoms with Crippen molar-refractivity contribution in [2.45, 2.75) is 52.0 Å². The van der Waals surface area contributed by atoms with Gasteiger partial charge in [-0.15, -0.1) is 0 Å². The number of nitrogens with one attached hydrogen (secondary N) is 1. The van der Waals surface area contributed by atoms with Crippen molar-refractivity contribution in [2.24, 2.45) is 4.99 Å². The SMILES string of the molecule is CCC[C@@H](C)NC(C)SC(=NC)C(=O)OCC. The summed E-state index contributed by atoms with van der Waals surface area (Å²) in [6, 6.07) is 0.447. The molecule has 2 atom stereocenters. The molecule has 0 rings (SSSR count). The molecule has 4 nitrogen and oxygen atoms in total. The average Bonchev–Trinajstić information content (AvgIpc) is 2.26. The molecule has 17 heavy (non-hydrogen) atoms. The van der Waals surface area contributed by atoms with E-state index in [0.717, 1.165) is 12.8 Å². The van der Waals surface area contributed by atoms with Crippen molar-refractivity contribution in [2.75, 3.05) is 13.7 Å². The molecule has 0 aliphatic rings. The molecule has 0 aliphatic heterocycles. The van der Waals surface area contributed by atoms with Gasteiger partial charge in [-0.1, -0.05) is 25.1 Å². The van der Waals surface area contributed by atoms with E-state index >= 15 is 0 Å². The number of carbonyl (C=O) groups is 1. The van der Waals surface area contributed by atoms with Crippen LogP contribution in [0.3, 0.4) is 0 Å². The molecule has 0 aromatic carbocycles. The molecule has 0 fully saturated rings. The summed E-state index contributed by atoms with van der Waals surface area (Å²) in [5.74, 6) is -0.336. The van der Waals surface area contributed by atoms with E-state index in [0.29, 0.717) is 17.7 Å². The Balaban J connectivity index is 4.15. The smallest absolute Gasteiger partial charge is 0.363 e. The van der Waals surface area contributed by atoms with Crippen molar-refractivity contribution >= 4 is 22.8 Å². The second-order valence-electron chi connectivity index (χ2n) is 3.87. The largest absolute Gasteiger partial charge is 0.461 e. The first-order valence-corrected chi connectivity index (χ1v) is 6.99. The van der Waals surface area contributed by atoms with Crippen LogP contribution >= 0.6 is 11.8 Å². The van der Waals surface area contributed by atoms with Crippen LogP contribution in [0.1, 0.15) is 40.5 Å². The first-order valence-electron chi connectivity index (χ1n) is 6.11. The summed E-state index contributed by atoms with van der Waals surface area (Å²) in [5.41, 5.74) is 0. The lowest BCUT2D eigenvalue weighted by Gasteiger charge is -2.19. The highest BCUT2D eigenvalue weighted by molar-refractivity contribution is 8.16. The molecule has 0 amide bonds. The summed E-state index contributed by atoms with van der Waals surface area (Å²) in [4.78, 5) is 15.5. The molecule has 0 radical (unpaired) electrons. The second-order valence-corrected chi connectivity index (χ2v) is 5.20. The van der Waals surface area contributed by atoms with E-state index in [9.17, 15) is 4.79 Å². The summed E-state index contributed by atoms with van der Waals surface area (Å²) >= 11 is 1.41. The van der Waals surface area contributed by atoms with Gasteiger partial charge in [0.05, 0.1) is 12.0 Å². The van der Waals surface area contributed by atoms with Crippen LogP contribution in [0.2, 0.25) is 0 Å². The van der Waals surface area contributed by atoms with Gasteiger partial charge in [0.2, 0.25) is 0 Å². The molecule has 0 aromatic rings. The maximum atomic E-state index is 11.5. The molecule has 100 valence electrons. The second kappa shape index (κ2) is 9.48. The van der Waals surface area contributed by atoms with Crippen molar-refractivity contribution in [1.82, 2.24) is 5.32 Å². The quantitative estimate of drug-likeness (QED) is 0.345. The number of esters is 1. The Labute approximate surface area is 109 Å². The van der Waals surface area contributed by atoms with E-state index in [-0.39, 0.29) is 11.3 Å². The van der Waals surface area contributed by atoms with Crippen LogP contribution in [-0.4, -0.2) is 36.1 Å². The van der Waals surface area contributed by atoms with Gasteiger partial charge in [0, 0.05) is 13.1 Å². The van der Waals surface area contributed by atoms with Crippen LogP contribution in [0.25, 0.3) is 0 Å². The predicted octanol–water partition coefficient (Wildman–Crippen LogP) is 2.44. The van der Waals surface area contributed by atoms with Gasteiger partial charge in [-0.05, 0) is 27.2 Å². The van der Waals surface area contributed by atoms with Gasteiger partial charge in [0.15, 0.2) is 5.04 Å². The molecule has 0 heterocycles. The highest BCUT2D eigenvalue weighted by Gasteiger charge is 2.17. The van der Waals surface area contributed by atoms with E-state index in [1.807, 2.05) is 6.92 Å². The fourth-order valence-electron chi connectivity index (χ4n) is 1.50. The molecule has 0 aliphatic carbocycles. The Bertz CT molecular complexity index is 257. The summed E-state index contributed by atoms with van der Waals surface area (Å²) in [5, 5.41) is 4.00. The number of aliphatic imine (C=N–C) groups is 1. The van der Waals surface area contributed by atoms with Crippen molar-refractivity contribution in [3.8, 4) is 0 Å². The minimum absolute atomic E-state index is 0.152. The third-order valence-electron chi connectivity index (χ3n) is 2.18. The standard InChI is InChI=1S/C12H24N2O2S/c1-6-8-9(3)14-10(4)17-11(13-5)12(15)16-7-2/h9-10,14H,6-8H2,1-5H3/t9-,10?/m1/s1. The third-order valence-corrected chi connectivity index (χ3v) is 3.24. The van der Waals surface area contributed by atoms with E-state index in [1.54, 1.807) is 14.0 Å². The van der Waals surface area contributed by atoms with Gasteiger partial charge in [-0.2, -0.15) is 0 Å². The van der Waals surface area contributed by atoms with Gasteiger partial charge in [-0.25, -0.2) is 4.79 Å². The topological polar surface area (TPSA) is 50.7 Å². The van der Waals surface area contributed by atoms with E-state index < -0.39 is 0 Å². The Morgan fingerprint density at radius 3 is 2.53 bits per heavy atom. The summed E-state index contributed by atoms with van der Waals surface area (Å²) in [6.07, 6.45) is 2.28. The number of rotatable bonds is 6. The number of hydrogen-bond acceptors (Lipinski definition) is 5. The van der Waals surface area contributed by atoms with Crippen molar-refractivity contribution < 1.29 is 9.53 Å². The minimum atomic E-state index is -0.336. The third kappa shape index (κ3) is 7.39. The van der Waals surface area contributed by atoms with Crippen molar-refractivity contribution in [1.29, 1.82) is 0 Å². The number of carbonyl (C=O) groups excluding carboxylic acids is 1. The van der Waals surface area contributed by atoms with Crippen molar-refractivity contribution in [3.05, 3.63) is 0 Å². The van der Waals surface area contributed by atoms with Gasteiger partial charge in [-0.3, -0.25) is 4.99 Å². The molecule has 0 spiro atoms. The number of hydrogen-bond donors (Lipinski definition) is 1. The zero-order valence-corrected chi connectivity index (χ0v) is 12.3. The zero-order valence-electron chi connectivity index (χ0n) is 11.4. The fourth-order valence-corrected chi connectivity index (χ4v) is 2.40. The lowest BCUT2D eigenvalue weighted by molar-refractivity contribution is -0.134. The van der Waals surface area contributed by atoms with Crippen LogP contribution in [0.4, 0.5) is 0 Å². The van der Waals surface area contributed by atoms with Crippen LogP contribution in [-0.2, 0) is 9.53 Å². The first kappa shape index (κ1) is 16.4. The summed E-state index contributed by atoms with van der Waals surface area (Å²) < 4.78 is 4.93. The Kier molecular flexibility index (Phi) is 9.17. The Hall–Kier alpha value is -0.550. The fraction of sp³-hybridized carbons (Fsp3) is 0.833. The molecule has 0 saturated heterocycles. The van der Waals surface area contributed by atoms with Crippen LogP contribution in [0.5, 0.6) is 0 Å². The molecule has 0 saturated carbocycles. The van der Waals surface area contributed by atoms with E-state index in [2.05, 4.69) is 24.2 Å². The summed E-state index contributed by atoms with van der Waals surface area (Å²) in [7, 11) is 1.61. The molecular formula is C12H24N2O2S. The lowest BCUT2D eigenvalue weighted by atomic mass is 10.2. The molecular weight excluding hydrogens is 236 g/mol. The molecule has 0 bridgehead atoms. The monoisotopic (exact) mass is 260 g/mol. The van der Waals surface area contributed by atoms with Crippen molar-refractivity contribution in [3.63, 3.8) is 0 Å². The zero-order chi connectivity index (χ0) is 13.3. The van der Waals surface area contributed by atoms with Gasteiger partial charge >= 0.3 is 5.97 Å². The van der Waals surface area contributed by atoms with Crippen LogP contribution in [0, 0.1) is 0 Å². The number of nitrogens with zero attached hydrogens (tertiary/aromatic N) is 1. The van der Waals surface area contributed by atoms with Gasteiger partial charge < -0.3 is 10.1 Å². The van der Waals surface area contributed by atoms with E-state index in [1.165, 1.54) is 11.8 Å². The Morgan fingerprint density at radius 1 is 1.41 bits per heavy atom. The molecule has 0 aromatic heterocycles. The van der Waals surface area contributed by atoms with Crippen LogP contribution in [0.15, 0.2) is 4.99 Å². The average molecular weight is 260 g/mol. The minimum Gasteiger partial charge on any atom is -0.461 e. The summed E-state index contributed by atoms with van der Waals surface area (Å²) in [6.45, 7) is 8.51. The van der Waals surface area contributed by atoms with E-state index in [4.69, 9.17) is 4.74 Å². The maximum Gasteiger partial charge on any atom is 0.363 e. The highest BCUT2D eigenvalue weighted by Crippen LogP contribution is 2.13. The molecule has 5 heteroatoms. The molecule has 1 N–H and O–H groups in total. The predicted molar refractivity (Wildman–Crippen MR) is 74.6 cm³/mol. The Morgan fingerprint density at radius 2 is 2.06 bits per heavy atom. The normalized spacial score (nSPS) is 15.5. The number of ether oxygens (including phenoxy) is 1. The molecule has 1 unspecified atom stereocenters. The van der Waals surface area contributed by atoms with Gasteiger partial charge in [0.1, 0.15) is 0 Å². The maximum absolute atomic E-state index is 11.5.